The first-order chi connectivity index (χ1) is 9.84. The molecule has 1 aliphatic carbocycles. The summed E-state index contributed by atoms with van der Waals surface area (Å²) in [5, 5.41) is 9.18. The third kappa shape index (κ3) is 9.22. The van der Waals surface area contributed by atoms with Gasteiger partial charge in [-0.3, -0.25) is 0 Å². The molecular weight excluding hydrogens is 522 g/mol. The summed E-state index contributed by atoms with van der Waals surface area (Å²) in [6.07, 6.45) is 4.80. The van der Waals surface area contributed by atoms with Crippen LogP contribution in [-0.4, -0.2) is 16.2 Å². The van der Waals surface area contributed by atoms with Gasteiger partial charge < -0.3 is 31.2 Å². The van der Waals surface area contributed by atoms with Crippen LogP contribution in [0, 0.1) is 29.4 Å². The molecule has 1 aliphatic rings. The van der Waals surface area contributed by atoms with Gasteiger partial charge in [-0.25, -0.2) is 8.78 Å². The van der Waals surface area contributed by atoms with E-state index in [1.807, 2.05) is 13.8 Å². The molecule has 2 rings (SSSR count). The molecule has 2 nitrogen and oxygen atoms in total. The zero-order valence-corrected chi connectivity index (χ0v) is 17.8. The molecule has 1 saturated carbocycles. The largest absolute Gasteiger partial charge is 2.00 e. The number of thiol groups is 1. The van der Waals surface area contributed by atoms with E-state index in [0.29, 0.717) is 5.92 Å². The van der Waals surface area contributed by atoms with E-state index in [9.17, 15) is 22.7 Å². The molecule has 1 fully saturated rings. The minimum atomic E-state index is -1.73. The van der Waals surface area contributed by atoms with E-state index in [2.05, 4.69) is 24.5 Å². The molecule has 1 N–H and O–H groups in total. The quantitative estimate of drug-likeness (QED) is 0.234. The Kier molecular flexibility index (Phi) is 17.5. The first-order valence-corrected chi connectivity index (χ1v) is 7.30. The van der Waals surface area contributed by atoms with E-state index in [1.54, 1.807) is 0 Å². The standard InChI is InChI=1S/C7H14O.C5HF4NS.C2H6.H2S.W/c1-6-4-2-3-5-7(6)8;6-1-3(11)2(7)5(9)10-4(1)8;1-2;;/h6-8H,2-5H2,1H3;(H,10,11);1-2H3;1H2;/q;;;;+2/p-2. The number of hydrogen-bond donors (Lipinski definition) is 1. The number of aliphatic hydroxyl groups is 1. The average Bonchev–Trinajstić information content (AvgIpc) is 2.49. The van der Waals surface area contributed by atoms with Crippen LogP contribution in [0.3, 0.4) is 0 Å². The van der Waals surface area contributed by atoms with Crippen LogP contribution in [0.1, 0.15) is 46.5 Å². The Morgan fingerprint density at radius 1 is 1.00 bits per heavy atom. The molecule has 0 saturated heterocycles. The van der Waals surface area contributed by atoms with Crippen molar-refractivity contribution in [2.24, 2.45) is 5.92 Å². The van der Waals surface area contributed by atoms with Gasteiger partial charge in [-0.1, -0.05) is 38.5 Å². The maximum Gasteiger partial charge on any atom is 2.00 e. The Bertz CT molecular complexity index is 419. The summed E-state index contributed by atoms with van der Waals surface area (Å²) in [7, 11) is 0. The minimum absolute atomic E-state index is 0. The van der Waals surface area contributed by atoms with Gasteiger partial charge in [0.05, 0.1) is 6.10 Å². The van der Waals surface area contributed by atoms with Gasteiger partial charge in [0.25, 0.3) is 0 Å². The zero-order valence-electron chi connectivity index (χ0n) is 13.2. The van der Waals surface area contributed by atoms with Crippen LogP contribution in [0.5, 0.6) is 0 Å². The van der Waals surface area contributed by atoms with E-state index < -0.39 is 28.4 Å². The smallest absolute Gasteiger partial charge is 0.813 e. The van der Waals surface area contributed by atoms with Crippen LogP contribution in [0.25, 0.3) is 0 Å². The Morgan fingerprint density at radius 2 is 1.39 bits per heavy atom. The van der Waals surface area contributed by atoms with Crippen molar-refractivity contribution in [2.45, 2.75) is 57.5 Å². The van der Waals surface area contributed by atoms with Gasteiger partial charge in [-0.2, -0.15) is 13.8 Å². The number of halogens is 4. The molecule has 9 heteroatoms. The summed E-state index contributed by atoms with van der Waals surface area (Å²) in [6, 6.07) is 0. The van der Waals surface area contributed by atoms with Crippen LogP contribution in [-0.2, 0) is 47.2 Å². The third-order valence-corrected chi connectivity index (χ3v) is 3.38. The van der Waals surface area contributed by atoms with Crippen LogP contribution >= 0.6 is 0 Å². The number of aliphatic hydroxyl groups excluding tert-OH is 1. The normalized spacial score (nSPS) is 19.0. The number of pyridine rings is 1. The zero-order chi connectivity index (χ0) is 16.6. The second-order valence-corrected chi connectivity index (χ2v) is 4.89. The maximum atomic E-state index is 12.2. The van der Waals surface area contributed by atoms with Crippen molar-refractivity contribution >= 4 is 26.1 Å². The van der Waals surface area contributed by atoms with Crippen LogP contribution in [0.15, 0.2) is 4.90 Å². The fourth-order valence-electron chi connectivity index (χ4n) is 1.76. The second kappa shape index (κ2) is 14.4. The second-order valence-electron chi connectivity index (χ2n) is 4.48. The predicted molar refractivity (Wildman–Crippen MR) is 83.4 cm³/mol. The van der Waals surface area contributed by atoms with Crippen molar-refractivity contribution in [1.82, 2.24) is 4.98 Å². The predicted octanol–water partition coefficient (Wildman–Crippen LogP) is 3.85. The molecular formula is C14H21F4NOS2W. The van der Waals surface area contributed by atoms with Gasteiger partial charge in [0, 0.05) is 0 Å². The summed E-state index contributed by atoms with van der Waals surface area (Å²) < 4.78 is 48.6. The van der Waals surface area contributed by atoms with Gasteiger partial charge in [0.1, 0.15) is 0 Å². The molecule has 23 heavy (non-hydrogen) atoms. The van der Waals surface area contributed by atoms with E-state index in [-0.39, 0.29) is 40.7 Å². The Hall–Kier alpha value is 0.0883. The van der Waals surface area contributed by atoms with Gasteiger partial charge in [0.15, 0.2) is 11.6 Å². The number of hydrogen-bond acceptors (Lipinski definition) is 4. The van der Waals surface area contributed by atoms with Gasteiger partial charge >= 0.3 is 21.1 Å². The molecule has 0 amide bonds. The Balaban J connectivity index is -0.000000300. The molecule has 2 atom stereocenters. The van der Waals surface area contributed by atoms with Crippen LogP contribution in [0.4, 0.5) is 17.6 Å². The van der Waals surface area contributed by atoms with E-state index in [1.165, 1.54) is 19.3 Å². The van der Waals surface area contributed by atoms with E-state index in [4.69, 9.17) is 0 Å². The Morgan fingerprint density at radius 3 is 1.70 bits per heavy atom. The van der Waals surface area contributed by atoms with Crippen molar-refractivity contribution in [1.29, 1.82) is 0 Å². The van der Waals surface area contributed by atoms with Crippen molar-refractivity contribution in [3.05, 3.63) is 23.5 Å². The number of aromatic nitrogens is 1. The topological polar surface area (TPSA) is 33.1 Å². The maximum absolute atomic E-state index is 12.2. The Labute approximate surface area is 161 Å². The van der Waals surface area contributed by atoms with Crippen molar-refractivity contribution < 1.29 is 43.7 Å². The van der Waals surface area contributed by atoms with E-state index in [0.717, 1.165) is 6.42 Å². The molecule has 1 aromatic rings. The first-order valence-electron chi connectivity index (χ1n) is 6.89. The molecule has 0 bridgehead atoms. The molecule has 134 valence electrons. The molecule has 1 aromatic heterocycles. The summed E-state index contributed by atoms with van der Waals surface area (Å²) in [5.74, 6) is -6.18. The summed E-state index contributed by atoms with van der Waals surface area (Å²) in [5.41, 5.74) is 0. The average molecular weight is 543 g/mol. The van der Waals surface area contributed by atoms with Crippen LogP contribution < -0.4 is 0 Å². The number of rotatable bonds is 0. The third-order valence-electron chi connectivity index (χ3n) is 3.02. The van der Waals surface area contributed by atoms with Crippen molar-refractivity contribution in [2.75, 3.05) is 0 Å². The monoisotopic (exact) mass is 543 g/mol. The van der Waals surface area contributed by atoms with Crippen LogP contribution in [0.2, 0.25) is 0 Å². The van der Waals surface area contributed by atoms with Gasteiger partial charge in [-0.15, -0.1) is 0 Å². The van der Waals surface area contributed by atoms with Gasteiger partial charge in [0.2, 0.25) is 11.9 Å². The molecule has 1 heterocycles. The SMILES string of the molecule is CC.CC1CCCCC1O.Fc1nc(F)c(F)c([S-])c1F.[SH-].[W+2]. The summed E-state index contributed by atoms with van der Waals surface area (Å²) in [6.45, 7) is 6.13. The van der Waals surface area contributed by atoms with Gasteiger partial charge in [-0.05, 0) is 18.8 Å². The first kappa shape index (κ1) is 27.9. The summed E-state index contributed by atoms with van der Waals surface area (Å²) >= 11 is 4.00. The molecule has 0 aromatic carbocycles. The van der Waals surface area contributed by atoms with Crippen molar-refractivity contribution in [3.63, 3.8) is 0 Å². The molecule has 0 spiro atoms. The fraction of sp³-hybridized carbons (Fsp3) is 0.643. The minimum Gasteiger partial charge on any atom is -0.813 e. The molecule has 2 unspecified atom stereocenters. The van der Waals surface area contributed by atoms with Crippen molar-refractivity contribution in [3.8, 4) is 0 Å². The van der Waals surface area contributed by atoms with E-state index >= 15 is 0 Å². The fourth-order valence-corrected chi connectivity index (χ4v) is 1.93. The molecule has 0 aliphatic heterocycles. The number of nitrogens with zero attached hydrogens (tertiary/aromatic N) is 1. The summed E-state index contributed by atoms with van der Waals surface area (Å²) in [4.78, 5) is 1.17. The molecule has 0 radical (unpaired) electrons.